The van der Waals surface area contributed by atoms with Crippen molar-refractivity contribution in [3.8, 4) is 0 Å². The van der Waals surface area contributed by atoms with Crippen molar-refractivity contribution in [1.82, 2.24) is 10.2 Å². The lowest BCUT2D eigenvalue weighted by Gasteiger charge is -2.18. The molecule has 3 amide bonds. The lowest BCUT2D eigenvalue weighted by atomic mass is 10.3. The van der Waals surface area contributed by atoms with Gasteiger partial charge in [0, 0.05) is 24.8 Å². The van der Waals surface area contributed by atoms with Crippen LogP contribution in [0.25, 0.3) is 0 Å². The van der Waals surface area contributed by atoms with Gasteiger partial charge in [0.25, 0.3) is 0 Å². The number of nitrogens with zero attached hydrogens (tertiary/aromatic N) is 2. The number of amides is 3. The summed E-state index contributed by atoms with van der Waals surface area (Å²) in [5.74, 6) is -3.15. The van der Waals surface area contributed by atoms with E-state index in [9.17, 15) is 31.5 Å². The zero-order valence-electron chi connectivity index (χ0n) is 11.7. The van der Waals surface area contributed by atoms with E-state index in [1.165, 1.54) is 6.07 Å². The number of anilines is 1. The van der Waals surface area contributed by atoms with E-state index in [-0.39, 0.29) is 18.8 Å². The van der Waals surface area contributed by atoms with E-state index in [2.05, 4.69) is 0 Å². The van der Waals surface area contributed by atoms with E-state index in [1.54, 1.807) is 5.32 Å². The summed E-state index contributed by atoms with van der Waals surface area (Å²) in [4.78, 5) is 25.6. The Morgan fingerprint density at radius 3 is 2.48 bits per heavy atom. The molecular formula is C13H12F5N3O2. The van der Waals surface area contributed by atoms with Crippen LogP contribution in [0.4, 0.5) is 32.4 Å². The van der Waals surface area contributed by atoms with Crippen LogP contribution < -0.4 is 10.2 Å². The summed E-state index contributed by atoms with van der Waals surface area (Å²) in [6.45, 7) is -1.84. The molecule has 0 aliphatic carbocycles. The van der Waals surface area contributed by atoms with Crippen LogP contribution in [-0.4, -0.2) is 49.2 Å². The van der Waals surface area contributed by atoms with E-state index in [0.717, 1.165) is 21.9 Å². The van der Waals surface area contributed by atoms with Gasteiger partial charge in [-0.2, -0.15) is 13.2 Å². The van der Waals surface area contributed by atoms with Crippen LogP contribution in [0, 0.1) is 11.6 Å². The lowest BCUT2D eigenvalue weighted by Crippen LogP contribution is -2.42. The maximum atomic E-state index is 13.2. The first kappa shape index (κ1) is 17.0. The Labute approximate surface area is 127 Å². The molecule has 1 aliphatic heterocycles. The Morgan fingerprint density at radius 2 is 1.87 bits per heavy atom. The molecule has 1 N–H and O–H groups in total. The average Bonchev–Trinajstić information content (AvgIpc) is 2.80. The summed E-state index contributed by atoms with van der Waals surface area (Å²) in [5, 5.41) is 1.66. The van der Waals surface area contributed by atoms with Crippen molar-refractivity contribution in [2.45, 2.75) is 6.18 Å². The maximum Gasteiger partial charge on any atom is 0.405 e. The topological polar surface area (TPSA) is 52.7 Å². The molecule has 23 heavy (non-hydrogen) atoms. The minimum atomic E-state index is -4.54. The molecule has 1 aromatic carbocycles. The summed E-state index contributed by atoms with van der Waals surface area (Å²) in [7, 11) is 0. The highest BCUT2D eigenvalue weighted by molar-refractivity contribution is 5.96. The fourth-order valence-corrected chi connectivity index (χ4v) is 2.05. The van der Waals surface area contributed by atoms with E-state index < -0.39 is 42.8 Å². The smallest absolute Gasteiger partial charge is 0.345 e. The third-order valence-electron chi connectivity index (χ3n) is 3.13. The van der Waals surface area contributed by atoms with Gasteiger partial charge in [-0.15, -0.1) is 0 Å². The summed E-state index contributed by atoms with van der Waals surface area (Å²) < 4.78 is 62.0. The summed E-state index contributed by atoms with van der Waals surface area (Å²) >= 11 is 0. The second-order valence-electron chi connectivity index (χ2n) is 4.85. The standard InChI is InChI=1S/C13H12F5N3O2/c14-9-2-1-8(5-10(9)15)21-4-3-20(12(21)23)6-11(22)19-7-13(16,17)18/h1-2,5H,3-4,6-7H2,(H,19,22). The van der Waals surface area contributed by atoms with Gasteiger partial charge in [-0.25, -0.2) is 13.6 Å². The van der Waals surface area contributed by atoms with Crippen LogP contribution in [0.3, 0.4) is 0 Å². The lowest BCUT2D eigenvalue weighted by molar-refractivity contribution is -0.138. The number of carbonyl (C=O) groups is 2. The molecule has 0 atom stereocenters. The number of halogens is 5. The van der Waals surface area contributed by atoms with Crippen molar-refractivity contribution in [1.29, 1.82) is 0 Å². The van der Waals surface area contributed by atoms with Crippen molar-refractivity contribution in [2.24, 2.45) is 0 Å². The molecule has 1 heterocycles. The second-order valence-corrected chi connectivity index (χ2v) is 4.85. The highest BCUT2D eigenvalue weighted by Crippen LogP contribution is 2.22. The van der Waals surface area contributed by atoms with Gasteiger partial charge in [-0.1, -0.05) is 0 Å². The zero-order chi connectivity index (χ0) is 17.2. The van der Waals surface area contributed by atoms with Crippen LogP contribution in [0.2, 0.25) is 0 Å². The molecule has 10 heteroatoms. The highest BCUT2D eigenvalue weighted by atomic mass is 19.4. The Bertz CT molecular complexity index is 620. The number of hydrogen-bond acceptors (Lipinski definition) is 2. The second kappa shape index (κ2) is 6.39. The summed E-state index contributed by atoms with van der Waals surface area (Å²) in [6, 6.07) is 2.22. The normalized spacial score (nSPS) is 15.3. The van der Waals surface area contributed by atoms with Gasteiger partial charge in [0.1, 0.15) is 13.1 Å². The molecule has 1 aliphatic rings. The van der Waals surface area contributed by atoms with Gasteiger partial charge in [0.05, 0.1) is 0 Å². The minimum Gasteiger partial charge on any atom is -0.345 e. The van der Waals surface area contributed by atoms with Gasteiger partial charge in [0.2, 0.25) is 5.91 Å². The number of rotatable bonds is 4. The van der Waals surface area contributed by atoms with E-state index in [4.69, 9.17) is 0 Å². The van der Waals surface area contributed by atoms with Gasteiger partial charge >= 0.3 is 12.2 Å². The molecule has 1 aromatic rings. The van der Waals surface area contributed by atoms with Crippen molar-refractivity contribution < 1.29 is 31.5 Å². The maximum absolute atomic E-state index is 13.2. The monoisotopic (exact) mass is 337 g/mol. The van der Waals surface area contributed by atoms with E-state index in [1.807, 2.05) is 0 Å². The highest BCUT2D eigenvalue weighted by Gasteiger charge is 2.32. The third kappa shape index (κ3) is 4.30. The first-order valence-electron chi connectivity index (χ1n) is 6.52. The number of nitrogens with one attached hydrogen (secondary N) is 1. The quantitative estimate of drug-likeness (QED) is 0.853. The molecule has 1 fully saturated rings. The molecule has 126 valence electrons. The van der Waals surface area contributed by atoms with Crippen LogP contribution >= 0.6 is 0 Å². The average molecular weight is 337 g/mol. The molecule has 0 unspecified atom stereocenters. The molecule has 5 nitrogen and oxygen atoms in total. The predicted octanol–water partition coefficient (Wildman–Crippen LogP) is 1.89. The SMILES string of the molecule is O=C(CN1CCN(c2ccc(F)c(F)c2)C1=O)NCC(F)(F)F. The fraction of sp³-hybridized carbons (Fsp3) is 0.385. The Morgan fingerprint density at radius 1 is 1.17 bits per heavy atom. The van der Waals surface area contributed by atoms with Crippen molar-refractivity contribution in [3.05, 3.63) is 29.8 Å². The Hall–Kier alpha value is -2.39. The largest absolute Gasteiger partial charge is 0.405 e. The number of alkyl halides is 3. The number of carbonyl (C=O) groups excluding carboxylic acids is 2. The van der Waals surface area contributed by atoms with Gasteiger partial charge in [-0.05, 0) is 12.1 Å². The summed E-state index contributed by atoms with van der Waals surface area (Å²) in [6.07, 6.45) is -4.54. The molecule has 0 aromatic heterocycles. The molecule has 0 spiro atoms. The van der Waals surface area contributed by atoms with Crippen molar-refractivity contribution in [2.75, 3.05) is 31.1 Å². The van der Waals surface area contributed by atoms with Crippen LogP contribution in [0.15, 0.2) is 18.2 Å². The van der Waals surface area contributed by atoms with E-state index in [0.29, 0.717) is 0 Å². The number of urea groups is 1. The van der Waals surface area contributed by atoms with Crippen LogP contribution in [0.1, 0.15) is 0 Å². The van der Waals surface area contributed by atoms with Crippen molar-refractivity contribution >= 4 is 17.6 Å². The number of benzene rings is 1. The molecular weight excluding hydrogens is 325 g/mol. The van der Waals surface area contributed by atoms with Gasteiger partial charge in [-0.3, -0.25) is 9.69 Å². The van der Waals surface area contributed by atoms with Crippen LogP contribution in [0.5, 0.6) is 0 Å². The zero-order valence-corrected chi connectivity index (χ0v) is 11.7. The number of hydrogen-bond donors (Lipinski definition) is 1. The minimum absolute atomic E-state index is 0.0806. The Balaban J connectivity index is 1.96. The molecule has 2 rings (SSSR count). The van der Waals surface area contributed by atoms with Crippen LogP contribution in [-0.2, 0) is 4.79 Å². The Kier molecular flexibility index (Phi) is 4.71. The third-order valence-corrected chi connectivity index (χ3v) is 3.13. The predicted molar refractivity (Wildman–Crippen MR) is 69.7 cm³/mol. The van der Waals surface area contributed by atoms with Gasteiger partial charge in [0.15, 0.2) is 11.6 Å². The molecule has 0 radical (unpaired) electrons. The van der Waals surface area contributed by atoms with Crippen molar-refractivity contribution in [3.63, 3.8) is 0 Å². The molecule has 0 bridgehead atoms. The van der Waals surface area contributed by atoms with Gasteiger partial charge < -0.3 is 10.2 Å². The molecule has 0 saturated carbocycles. The summed E-state index contributed by atoms with van der Waals surface area (Å²) in [5.41, 5.74) is 0.104. The van der Waals surface area contributed by atoms with E-state index >= 15 is 0 Å². The molecule has 1 saturated heterocycles. The first-order valence-corrected chi connectivity index (χ1v) is 6.52. The fourth-order valence-electron chi connectivity index (χ4n) is 2.05. The first-order chi connectivity index (χ1) is 10.7.